The fourth-order valence-corrected chi connectivity index (χ4v) is 16.7. The third-order valence-corrected chi connectivity index (χ3v) is 22.1. The lowest BCUT2D eigenvalue weighted by Gasteiger charge is -2.29. The van der Waals surface area contributed by atoms with Crippen molar-refractivity contribution in [3.63, 3.8) is 0 Å². The number of furan rings is 2. The molecule has 0 aliphatic carbocycles. The van der Waals surface area contributed by atoms with E-state index in [0.29, 0.717) is 0 Å². The molecule has 0 amide bonds. The lowest BCUT2D eigenvalue weighted by atomic mass is 9.84. The summed E-state index contributed by atoms with van der Waals surface area (Å²) in [5.74, 6) is 0. The van der Waals surface area contributed by atoms with Gasteiger partial charge in [-0.3, -0.25) is 0 Å². The lowest BCUT2D eigenvalue weighted by molar-refractivity contribution is 0.668. The van der Waals surface area contributed by atoms with Gasteiger partial charge in [0.05, 0.1) is 0 Å². The van der Waals surface area contributed by atoms with E-state index < -0.39 is 0 Å². The van der Waals surface area contributed by atoms with Gasteiger partial charge in [-0.2, -0.15) is 0 Å². The fraction of sp³-hybridized carbons (Fsp3) is 0. The Labute approximate surface area is 662 Å². The number of benzene rings is 19. The van der Waals surface area contributed by atoms with Crippen LogP contribution in [0.2, 0.25) is 0 Å². The highest BCUT2D eigenvalue weighted by molar-refractivity contribution is 6.13. The van der Waals surface area contributed by atoms with Gasteiger partial charge in [0.1, 0.15) is 22.3 Å². The van der Waals surface area contributed by atoms with Gasteiger partial charge in [-0.15, -0.1) is 0 Å². The van der Waals surface area contributed by atoms with E-state index >= 15 is 0 Å². The molecule has 0 saturated heterocycles. The Hall–Kier alpha value is -15.1. The summed E-state index contributed by atoms with van der Waals surface area (Å²) in [7, 11) is 0. The third kappa shape index (κ3) is 13.1. The van der Waals surface area contributed by atoms with Crippen molar-refractivity contribution in [1.29, 1.82) is 0 Å². The predicted octanol–water partition coefficient (Wildman–Crippen LogP) is 31.4. The number of anilines is 6. The summed E-state index contributed by atoms with van der Waals surface area (Å²) >= 11 is 0. The van der Waals surface area contributed by atoms with Gasteiger partial charge in [0.2, 0.25) is 0 Å². The minimum absolute atomic E-state index is 0.870. The minimum atomic E-state index is 0.870. The first-order chi connectivity index (χ1) is 56.5. The summed E-state index contributed by atoms with van der Waals surface area (Å²) in [4.78, 5) is 4.71. The van der Waals surface area contributed by atoms with Gasteiger partial charge in [-0.25, -0.2) is 0 Å². The maximum Gasteiger partial charge on any atom is 0.136 e. The van der Waals surface area contributed by atoms with Crippen LogP contribution in [0.4, 0.5) is 34.1 Å². The summed E-state index contributed by atoms with van der Waals surface area (Å²) in [6.07, 6.45) is 0. The van der Waals surface area contributed by atoms with Crippen LogP contribution in [0, 0.1) is 0 Å². The molecule has 21 rings (SSSR count). The minimum Gasteiger partial charge on any atom is -0.456 e. The molecule has 0 fully saturated rings. The molecule has 4 nitrogen and oxygen atoms in total. The monoisotopic (exact) mass is 1450 g/mol. The van der Waals surface area contributed by atoms with E-state index in [1.165, 1.54) is 82.7 Å². The summed E-state index contributed by atoms with van der Waals surface area (Å²) in [5.41, 5.74) is 31.0. The molecule has 0 atom stereocenters. The highest BCUT2D eigenvalue weighted by Crippen LogP contribution is 2.51. The molecule has 19 aromatic carbocycles. The second-order valence-electron chi connectivity index (χ2n) is 29.0. The van der Waals surface area contributed by atoms with E-state index in [-0.39, 0.29) is 0 Å². The zero-order chi connectivity index (χ0) is 75.7. The van der Waals surface area contributed by atoms with Crippen LogP contribution in [-0.4, -0.2) is 0 Å². The van der Waals surface area contributed by atoms with Crippen LogP contribution in [0.3, 0.4) is 0 Å². The fourth-order valence-electron chi connectivity index (χ4n) is 16.7. The van der Waals surface area contributed by atoms with Crippen molar-refractivity contribution in [1.82, 2.24) is 0 Å². The van der Waals surface area contributed by atoms with Crippen LogP contribution < -0.4 is 9.80 Å². The zero-order valence-electron chi connectivity index (χ0n) is 62.4. The summed E-state index contributed by atoms with van der Waals surface area (Å²) < 4.78 is 13.0. The van der Waals surface area contributed by atoms with Crippen LogP contribution in [0.1, 0.15) is 0 Å². The van der Waals surface area contributed by atoms with E-state index in [2.05, 4.69) is 441 Å². The molecule has 114 heavy (non-hydrogen) atoms. The van der Waals surface area contributed by atoms with E-state index in [1.807, 2.05) is 18.2 Å². The Morgan fingerprint density at radius 2 is 0.421 bits per heavy atom. The predicted molar refractivity (Wildman–Crippen MR) is 481 cm³/mol. The summed E-state index contributed by atoms with van der Waals surface area (Å²) in [6.45, 7) is 0. The first kappa shape index (κ1) is 68.2. The quantitative estimate of drug-likeness (QED) is 0.102. The Kier molecular flexibility index (Phi) is 18.0. The van der Waals surface area contributed by atoms with E-state index in [0.717, 1.165) is 117 Å². The molecular formula is C110H74N2O2. The van der Waals surface area contributed by atoms with E-state index in [4.69, 9.17) is 8.83 Å². The highest BCUT2D eigenvalue weighted by Gasteiger charge is 2.26. The van der Waals surface area contributed by atoms with Crippen LogP contribution in [-0.2, 0) is 0 Å². The van der Waals surface area contributed by atoms with E-state index in [1.54, 1.807) is 0 Å². The van der Waals surface area contributed by atoms with Crippen LogP contribution >= 0.6 is 0 Å². The summed E-state index contributed by atoms with van der Waals surface area (Å²) in [6, 6.07) is 161. The summed E-state index contributed by atoms with van der Waals surface area (Å²) in [5, 5.41) is 9.28. The molecule has 0 N–H and O–H groups in total. The van der Waals surface area contributed by atoms with Gasteiger partial charge < -0.3 is 18.6 Å². The number of rotatable bonds is 15. The molecular weight excluding hydrogens is 1380 g/mol. The number of nitrogens with zero attached hydrogens (tertiary/aromatic N) is 2. The van der Waals surface area contributed by atoms with Gasteiger partial charge in [0, 0.05) is 55.7 Å². The Morgan fingerprint density at radius 1 is 0.140 bits per heavy atom. The Bertz CT molecular complexity index is 6750. The number of hydrogen-bond acceptors (Lipinski definition) is 4. The molecule has 0 radical (unpaired) electrons. The van der Waals surface area contributed by atoms with E-state index in [9.17, 15) is 0 Å². The second-order valence-corrected chi connectivity index (χ2v) is 29.0. The Balaban J connectivity index is 0.000000152. The van der Waals surface area contributed by atoms with Crippen molar-refractivity contribution in [2.24, 2.45) is 0 Å². The van der Waals surface area contributed by atoms with Crippen molar-refractivity contribution in [3.8, 4) is 100 Å². The van der Waals surface area contributed by atoms with Crippen molar-refractivity contribution in [3.05, 3.63) is 449 Å². The van der Waals surface area contributed by atoms with Crippen molar-refractivity contribution >= 4 is 99.5 Å². The smallest absolute Gasteiger partial charge is 0.136 e. The molecule has 0 saturated carbocycles. The number of fused-ring (bicyclic) bond motifs is 8. The molecule has 2 heterocycles. The molecule has 536 valence electrons. The molecule has 0 aliphatic heterocycles. The maximum atomic E-state index is 6.60. The molecule has 2 aromatic heterocycles. The van der Waals surface area contributed by atoms with Crippen LogP contribution in [0.5, 0.6) is 0 Å². The van der Waals surface area contributed by atoms with Crippen molar-refractivity contribution in [2.75, 3.05) is 9.80 Å². The third-order valence-electron chi connectivity index (χ3n) is 22.1. The van der Waals surface area contributed by atoms with Gasteiger partial charge in [0.15, 0.2) is 0 Å². The average molecular weight is 1460 g/mol. The second kappa shape index (κ2) is 30.1. The molecule has 0 bridgehead atoms. The van der Waals surface area contributed by atoms with Crippen LogP contribution in [0.15, 0.2) is 458 Å². The number of para-hydroxylation sites is 4. The zero-order valence-corrected chi connectivity index (χ0v) is 62.4. The Morgan fingerprint density at radius 3 is 0.825 bits per heavy atom. The molecule has 0 spiro atoms. The largest absolute Gasteiger partial charge is 0.456 e. The van der Waals surface area contributed by atoms with Crippen LogP contribution in [0.25, 0.3) is 166 Å². The van der Waals surface area contributed by atoms with Gasteiger partial charge in [0.25, 0.3) is 0 Å². The normalized spacial score (nSPS) is 11.3. The standard InChI is InChI=1S/C62H41NO.C48H33NO/c1-3-15-42(16-4-1)44-29-34-49(35-30-44)63(50-36-31-45(32-37-50)43-17-5-2-6-18-43)51-40-58(54-26-13-21-46-19-7-9-23-52(46)54)62(59(41-51)55-27-14-22-47-20-8-10-24-53(47)55)48-33-38-57-56-25-11-12-28-60(56)64-61(57)39-48;1-5-15-35(16-6-1)44-31-38(34-25-28-41(29-26-34)49(39-19-9-3-10-20-39)40-21-11-4-12-22-40)32-45(36-17-7-2-8-18-36)48(44)37-27-30-43-42-23-13-14-24-46(42)50-47(43)33-37/h1-41H;1-33H. The van der Waals surface area contributed by atoms with Gasteiger partial charge in [-0.05, 0) is 243 Å². The van der Waals surface area contributed by atoms with Crippen molar-refractivity contribution in [2.45, 2.75) is 0 Å². The first-order valence-corrected chi connectivity index (χ1v) is 38.9. The SMILES string of the molecule is c1ccc(-c2cc(-c3ccc(N(c4ccccc4)c4ccccc4)cc3)cc(-c3ccccc3)c2-c2ccc3c(c2)oc2ccccc23)cc1.c1ccc(-c2ccc(N(c3ccc(-c4ccccc4)cc3)c3cc(-c4cccc5ccccc45)c(-c4ccc5c(c4)oc4ccccc45)c(-c4cccc5ccccc45)c3)cc2)cc1. The topological polar surface area (TPSA) is 32.8 Å². The molecule has 4 heteroatoms. The van der Waals surface area contributed by atoms with Crippen molar-refractivity contribution < 1.29 is 8.83 Å². The molecule has 0 unspecified atom stereocenters. The first-order valence-electron chi connectivity index (χ1n) is 38.9. The molecule has 0 aliphatic rings. The van der Waals surface area contributed by atoms with Gasteiger partial charge in [-0.1, -0.05) is 328 Å². The number of hydrogen-bond donors (Lipinski definition) is 0. The average Bonchev–Trinajstić information content (AvgIpc) is 1.10. The maximum absolute atomic E-state index is 6.60. The molecule has 21 aromatic rings. The lowest BCUT2D eigenvalue weighted by Crippen LogP contribution is -2.11. The highest BCUT2D eigenvalue weighted by atomic mass is 16.3. The van der Waals surface area contributed by atoms with Gasteiger partial charge >= 0.3 is 0 Å².